The monoisotopic (exact) mass is 321 g/mol. The molecule has 0 aliphatic carbocycles. The molecule has 2 saturated heterocycles. The zero-order valence-corrected chi connectivity index (χ0v) is 14.3. The van der Waals surface area contributed by atoms with Gasteiger partial charge in [-0.25, -0.2) is 4.98 Å². The van der Waals surface area contributed by atoms with Crippen molar-refractivity contribution in [2.75, 3.05) is 47.0 Å². The molecule has 0 bridgehead atoms. The van der Waals surface area contributed by atoms with Crippen molar-refractivity contribution < 1.29 is 14.2 Å². The Balaban J connectivity index is 1.63. The third-order valence-electron chi connectivity index (χ3n) is 4.82. The van der Waals surface area contributed by atoms with E-state index in [-0.39, 0.29) is 0 Å². The average Bonchev–Trinajstić information content (AvgIpc) is 2.54. The quantitative estimate of drug-likeness (QED) is 0.725. The lowest BCUT2D eigenvalue weighted by molar-refractivity contribution is 0.0644. The second-order valence-corrected chi connectivity index (χ2v) is 6.38. The highest BCUT2D eigenvalue weighted by Crippen LogP contribution is 2.30. The van der Waals surface area contributed by atoms with Crippen LogP contribution in [0.5, 0.6) is 17.4 Å². The summed E-state index contributed by atoms with van der Waals surface area (Å²) in [5.41, 5.74) is 0. The number of nitrogens with zero attached hydrogens (tertiary/aromatic N) is 3. The van der Waals surface area contributed by atoms with Crippen LogP contribution in [0.3, 0.4) is 0 Å². The van der Waals surface area contributed by atoms with Gasteiger partial charge in [0.15, 0.2) is 5.75 Å². The third-order valence-corrected chi connectivity index (χ3v) is 4.82. The number of rotatable bonds is 8. The molecule has 3 heterocycles. The number of likely N-dealkylation sites (N-methyl/N-ethyl adjacent to an activating group) is 2. The molecule has 6 nitrogen and oxygen atoms in total. The van der Waals surface area contributed by atoms with Crippen molar-refractivity contribution in [3.8, 4) is 17.4 Å². The van der Waals surface area contributed by atoms with E-state index in [4.69, 9.17) is 14.2 Å². The van der Waals surface area contributed by atoms with Gasteiger partial charge in [0.1, 0.15) is 19.0 Å². The first-order valence-electron chi connectivity index (χ1n) is 8.46. The van der Waals surface area contributed by atoms with E-state index < -0.39 is 0 Å². The zero-order chi connectivity index (χ0) is 16.2. The fourth-order valence-electron chi connectivity index (χ4n) is 2.79. The number of hydrogen-bond acceptors (Lipinski definition) is 6. The molecule has 0 saturated carbocycles. The van der Waals surface area contributed by atoms with Crippen LogP contribution in [0.4, 0.5) is 0 Å². The van der Waals surface area contributed by atoms with Crippen molar-refractivity contribution in [2.45, 2.75) is 31.8 Å². The van der Waals surface area contributed by atoms with Crippen molar-refractivity contribution in [3.05, 3.63) is 12.3 Å². The van der Waals surface area contributed by atoms with Gasteiger partial charge in [0.05, 0.1) is 12.8 Å². The molecule has 2 aliphatic rings. The number of aromatic nitrogens is 1. The van der Waals surface area contributed by atoms with Crippen LogP contribution >= 0.6 is 0 Å². The molecule has 0 unspecified atom stereocenters. The van der Waals surface area contributed by atoms with E-state index in [0.717, 1.165) is 18.8 Å². The molecule has 1 aromatic heterocycles. The van der Waals surface area contributed by atoms with Crippen LogP contribution in [-0.4, -0.2) is 73.9 Å². The van der Waals surface area contributed by atoms with Crippen LogP contribution in [-0.2, 0) is 0 Å². The van der Waals surface area contributed by atoms with Crippen molar-refractivity contribution >= 4 is 0 Å². The minimum atomic E-state index is 0.481. The topological polar surface area (TPSA) is 47.1 Å². The third kappa shape index (κ3) is 3.87. The van der Waals surface area contributed by atoms with Crippen molar-refractivity contribution in [3.63, 3.8) is 0 Å². The van der Waals surface area contributed by atoms with Crippen LogP contribution in [0.1, 0.15) is 19.8 Å². The molecule has 1 aromatic rings. The Labute approximate surface area is 138 Å². The van der Waals surface area contributed by atoms with Gasteiger partial charge < -0.3 is 14.2 Å². The largest absolute Gasteiger partial charge is 0.492 e. The molecule has 2 fully saturated rings. The van der Waals surface area contributed by atoms with Gasteiger partial charge in [0, 0.05) is 18.2 Å². The maximum absolute atomic E-state index is 5.99. The molecule has 0 amide bonds. The fraction of sp³-hybridized carbons (Fsp3) is 0.706. The molecule has 0 aromatic carbocycles. The van der Waals surface area contributed by atoms with E-state index in [0.29, 0.717) is 43.5 Å². The number of ether oxygens (including phenoxy) is 3. The second kappa shape index (κ2) is 7.36. The molecule has 128 valence electrons. The van der Waals surface area contributed by atoms with Gasteiger partial charge in [-0.15, -0.1) is 0 Å². The summed E-state index contributed by atoms with van der Waals surface area (Å²) >= 11 is 0. The molecule has 0 radical (unpaired) electrons. The molecule has 2 aliphatic heterocycles. The molecule has 23 heavy (non-hydrogen) atoms. The normalized spacial score (nSPS) is 24.7. The average molecular weight is 321 g/mol. The summed E-state index contributed by atoms with van der Waals surface area (Å²) in [6, 6.07) is 2.85. The highest BCUT2D eigenvalue weighted by molar-refractivity contribution is 5.39. The SMILES string of the molecule is CCOc1cnc(OC[C@@H]2CCN2C)c(OC[C@@H]2CCN2C)c1. The summed E-state index contributed by atoms with van der Waals surface area (Å²) in [7, 11) is 4.24. The Morgan fingerprint density at radius 1 is 1.04 bits per heavy atom. The van der Waals surface area contributed by atoms with Crippen LogP contribution in [0.25, 0.3) is 0 Å². The van der Waals surface area contributed by atoms with E-state index in [1.54, 1.807) is 6.20 Å². The van der Waals surface area contributed by atoms with Gasteiger partial charge in [-0.05, 0) is 47.0 Å². The fourth-order valence-corrected chi connectivity index (χ4v) is 2.79. The summed E-state index contributed by atoms with van der Waals surface area (Å²) < 4.78 is 17.4. The molecule has 0 N–H and O–H groups in total. The Bertz CT molecular complexity index is 526. The first-order valence-corrected chi connectivity index (χ1v) is 8.46. The van der Waals surface area contributed by atoms with Crippen LogP contribution in [0.2, 0.25) is 0 Å². The van der Waals surface area contributed by atoms with E-state index in [2.05, 4.69) is 28.9 Å². The molecular formula is C17H27N3O3. The standard InChI is InChI=1S/C17H27N3O3/c1-4-21-15-9-16(22-11-13-5-7-19(13)2)17(18-10-15)23-12-14-6-8-20(14)3/h9-10,13-14H,4-8,11-12H2,1-3H3/t13-,14-/m0/s1. The second-order valence-electron chi connectivity index (χ2n) is 6.38. The summed E-state index contributed by atoms with van der Waals surface area (Å²) in [5, 5.41) is 0. The maximum atomic E-state index is 5.99. The lowest BCUT2D eigenvalue weighted by Crippen LogP contribution is -2.48. The Kier molecular flexibility index (Phi) is 5.23. The van der Waals surface area contributed by atoms with Crippen LogP contribution in [0.15, 0.2) is 12.3 Å². The minimum Gasteiger partial charge on any atom is -0.492 e. The molecule has 3 rings (SSSR count). The molecule has 0 spiro atoms. The van der Waals surface area contributed by atoms with E-state index >= 15 is 0 Å². The number of hydrogen-bond donors (Lipinski definition) is 0. The highest BCUT2D eigenvalue weighted by Gasteiger charge is 2.27. The van der Waals surface area contributed by atoms with Crippen molar-refractivity contribution in [1.82, 2.24) is 14.8 Å². The minimum absolute atomic E-state index is 0.481. The molecule has 6 heteroatoms. The van der Waals surface area contributed by atoms with Gasteiger partial charge in [0.25, 0.3) is 5.88 Å². The first kappa shape index (κ1) is 16.3. The zero-order valence-electron chi connectivity index (χ0n) is 14.3. The summed E-state index contributed by atoms with van der Waals surface area (Å²) in [5.74, 6) is 1.96. The maximum Gasteiger partial charge on any atom is 0.257 e. The van der Waals surface area contributed by atoms with Gasteiger partial charge in [0.2, 0.25) is 0 Å². The predicted molar refractivity (Wildman–Crippen MR) is 88.5 cm³/mol. The predicted octanol–water partition coefficient (Wildman–Crippen LogP) is 1.65. The Morgan fingerprint density at radius 3 is 2.22 bits per heavy atom. The lowest BCUT2D eigenvalue weighted by Gasteiger charge is -2.38. The van der Waals surface area contributed by atoms with Gasteiger partial charge in [-0.2, -0.15) is 0 Å². The number of likely N-dealkylation sites (tertiary alicyclic amines) is 2. The summed E-state index contributed by atoms with van der Waals surface area (Å²) in [6.45, 7) is 6.16. The highest BCUT2D eigenvalue weighted by atomic mass is 16.5. The smallest absolute Gasteiger partial charge is 0.257 e. The van der Waals surface area contributed by atoms with E-state index in [1.165, 1.54) is 12.8 Å². The molecular weight excluding hydrogens is 294 g/mol. The number of pyridine rings is 1. The molecule has 2 atom stereocenters. The van der Waals surface area contributed by atoms with Gasteiger partial charge >= 0.3 is 0 Å². The van der Waals surface area contributed by atoms with Crippen molar-refractivity contribution in [2.24, 2.45) is 0 Å². The van der Waals surface area contributed by atoms with Crippen LogP contribution in [0, 0.1) is 0 Å². The van der Waals surface area contributed by atoms with Crippen LogP contribution < -0.4 is 14.2 Å². The first-order chi connectivity index (χ1) is 11.2. The van der Waals surface area contributed by atoms with Gasteiger partial charge in [-0.1, -0.05) is 0 Å². The van der Waals surface area contributed by atoms with E-state index in [1.807, 2.05) is 13.0 Å². The Hall–Kier alpha value is -1.53. The van der Waals surface area contributed by atoms with Crippen molar-refractivity contribution in [1.29, 1.82) is 0 Å². The van der Waals surface area contributed by atoms with E-state index in [9.17, 15) is 0 Å². The summed E-state index contributed by atoms with van der Waals surface area (Å²) in [4.78, 5) is 8.97. The lowest BCUT2D eigenvalue weighted by atomic mass is 10.1. The Morgan fingerprint density at radius 2 is 1.70 bits per heavy atom. The van der Waals surface area contributed by atoms with Gasteiger partial charge in [-0.3, -0.25) is 9.80 Å². The summed E-state index contributed by atoms with van der Waals surface area (Å²) in [6.07, 6.45) is 4.06.